The molecule has 0 saturated heterocycles. The summed E-state index contributed by atoms with van der Waals surface area (Å²) in [5, 5.41) is 20.8. The summed E-state index contributed by atoms with van der Waals surface area (Å²) in [5.74, 6) is -1.15. The van der Waals surface area contributed by atoms with Gasteiger partial charge in [0.05, 0.1) is 5.56 Å². The summed E-state index contributed by atoms with van der Waals surface area (Å²) in [4.78, 5) is 11.1. The van der Waals surface area contributed by atoms with Gasteiger partial charge >= 0.3 is 35.5 Å². The second kappa shape index (κ2) is 12.1. The van der Waals surface area contributed by atoms with Crippen molar-refractivity contribution < 1.29 is 44.6 Å². The Labute approximate surface area is 150 Å². The Bertz CT molecular complexity index is 418. The summed E-state index contributed by atoms with van der Waals surface area (Å²) >= 11 is 0. The Morgan fingerprint density at radius 2 is 1.62 bits per heavy atom. The summed E-state index contributed by atoms with van der Waals surface area (Å²) < 4.78 is 0. The summed E-state index contributed by atoms with van der Waals surface area (Å²) in [5.41, 5.74) is 0.631. The van der Waals surface area contributed by atoms with Gasteiger partial charge in [0.1, 0.15) is 0 Å². The standard InChI is InChI=1S/C17H26O3.Na/c1-2-3-4-5-6-7-8-9-11-14-15(17(19)20)12-10-13-16(14)18;/h10,12-13,18H,2-9,11H2,1H3,(H,19,20);/q;+1/p-1. The van der Waals surface area contributed by atoms with Crippen LogP contribution in [0.25, 0.3) is 0 Å². The van der Waals surface area contributed by atoms with E-state index in [0.29, 0.717) is 12.0 Å². The molecule has 112 valence electrons. The Balaban J connectivity index is 0.00000400. The molecular formula is C17H25NaO3. The second-order valence-electron chi connectivity index (χ2n) is 5.31. The zero-order chi connectivity index (χ0) is 14.8. The van der Waals surface area contributed by atoms with Crippen LogP contribution in [-0.2, 0) is 6.42 Å². The number of hydrogen-bond acceptors (Lipinski definition) is 2. The van der Waals surface area contributed by atoms with E-state index < -0.39 is 5.97 Å². The molecule has 1 rings (SSSR count). The van der Waals surface area contributed by atoms with E-state index in [1.54, 1.807) is 0 Å². The smallest absolute Gasteiger partial charge is 0.872 e. The minimum absolute atomic E-state index is 0. The molecule has 0 atom stereocenters. The number of carboxylic acid groups (broad SMARTS) is 1. The predicted molar refractivity (Wildman–Crippen MR) is 79.2 cm³/mol. The summed E-state index contributed by atoms with van der Waals surface area (Å²) in [6, 6.07) is 4.49. The van der Waals surface area contributed by atoms with E-state index in [9.17, 15) is 9.90 Å². The molecule has 0 bridgehead atoms. The quantitative estimate of drug-likeness (QED) is 0.521. The summed E-state index contributed by atoms with van der Waals surface area (Å²) in [6.45, 7) is 2.21. The Morgan fingerprint density at radius 1 is 1.05 bits per heavy atom. The maximum Gasteiger partial charge on any atom is 1.00 e. The predicted octanol–water partition coefficient (Wildman–Crippen LogP) is 1.15. The first-order chi connectivity index (χ1) is 9.66. The van der Waals surface area contributed by atoms with Crippen molar-refractivity contribution in [2.75, 3.05) is 0 Å². The molecule has 0 unspecified atom stereocenters. The number of carbonyl (C=O) groups is 1. The van der Waals surface area contributed by atoms with Crippen molar-refractivity contribution in [1.29, 1.82) is 0 Å². The van der Waals surface area contributed by atoms with E-state index in [-0.39, 0.29) is 40.9 Å². The largest absolute Gasteiger partial charge is 1.00 e. The van der Waals surface area contributed by atoms with Gasteiger partial charge in [-0.25, -0.2) is 4.79 Å². The van der Waals surface area contributed by atoms with Gasteiger partial charge in [-0.15, -0.1) is 5.75 Å². The molecule has 0 fully saturated rings. The van der Waals surface area contributed by atoms with E-state index in [0.717, 1.165) is 12.8 Å². The van der Waals surface area contributed by atoms with E-state index in [1.165, 1.54) is 56.7 Å². The van der Waals surface area contributed by atoms with Crippen molar-refractivity contribution in [2.24, 2.45) is 0 Å². The van der Waals surface area contributed by atoms with Crippen LogP contribution in [0.4, 0.5) is 0 Å². The fourth-order valence-electron chi connectivity index (χ4n) is 2.46. The zero-order valence-corrected chi connectivity index (χ0v) is 15.4. The molecule has 0 saturated carbocycles. The minimum Gasteiger partial charge on any atom is -0.872 e. The number of rotatable bonds is 10. The van der Waals surface area contributed by atoms with Gasteiger partial charge in [0, 0.05) is 0 Å². The Morgan fingerprint density at radius 3 is 2.19 bits per heavy atom. The summed E-state index contributed by atoms with van der Waals surface area (Å²) in [7, 11) is 0. The molecule has 0 aliphatic heterocycles. The monoisotopic (exact) mass is 300 g/mol. The number of aromatic carboxylic acids is 1. The van der Waals surface area contributed by atoms with Crippen molar-refractivity contribution in [3.63, 3.8) is 0 Å². The van der Waals surface area contributed by atoms with Crippen molar-refractivity contribution in [2.45, 2.75) is 64.7 Å². The van der Waals surface area contributed by atoms with Crippen LogP contribution in [0.15, 0.2) is 18.2 Å². The van der Waals surface area contributed by atoms with E-state index in [4.69, 9.17) is 5.11 Å². The van der Waals surface area contributed by atoms with Crippen molar-refractivity contribution >= 4 is 5.97 Å². The fourth-order valence-corrected chi connectivity index (χ4v) is 2.46. The third kappa shape index (κ3) is 7.89. The third-order valence-electron chi connectivity index (χ3n) is 3.64. The van der Waals surface area contributed by atoms with Gasteiger partial charge in [0.25, 0.3) is 0 Å². The fraction of sp³-hybridized carbons (Fsp3) is 0.588. The molecule has 4 heteroatoms. The van der Waals surface area contributed by atoms with Crippen LogP contribution < -0.4 is 34.7 Å². The molecule has 0 aliphatic carbocycles. The van der Waals surface area contributed by atoms with Gasteiger partial charge < -0.3 is 10.2 Å². The molecule has 21 heavy (non-hydrogen) atoms. The SMILES string of the molecule is CCCCCCCCCCc1c([O-])cccc1C(=O)O.[Na+]. The molecule has 3 nitrogen and oxygen atoms in total. The van der Waals surface area contributed by atoms with E-state index in [2.05, 4.69) is 6.92 Å². The van der Waals surface area contributed by atoms with Crippen molar-refractivity contribution in [1.82, 2.24) is 0 Å². The van der Waals surface area contributed by atoms with Gasteiger partial charge in [0.2, 0.25) is 0 Å². The topological polar surface area (TPSA) is 60.4 Å². The van der Waals surface area contributed by atoms with Gasteiger partial charge in [-0.05, 0) is 24.5 Å². The molecule has 1 N–H and O–H groups in total. The minimum atomic E-state index is -1.00. The van der Waals surface area contributed by atoms with Gasteiger partial charge in [-0.1, -0.05) is 64.0 Å². The average molecular weight is 300 g/mol. The van der Waals surface area contributed by atoms with Crippen LogP contribution in [0.3, 0.4) is 0 Å². The molecule has 0 aliphatic rings. The second-order valence-corrected chi connectivity index (χ2v) is 5.31. The number of unbranched alkanes of at least 4 members (excludes halogenated alkanes) is 7. The number of carboxylic acids is 1. The van der Waals surface area contributed by atoms with Crippen molar-refractivity contribution in [3.8, 4) is 5.75 Å². The molecule has 0 spiro atoms. The van der Waals surface area contributed by atoms with Crippen LogP contribution in [0.1, 0.15) is 74.2 Å². The van der Waals surface area contributed by atoms with Crippen LogP contribution in [0.5, 0.6) is 5.75 Å². The molecule has 0 heterocycles. The first kappa shape index (κ1) is 20.5. The van der Waals surface area contributed by atoms with Gasteiger partial charge in [0.15, 0.2) is 0 Å². The zero-order valence-electron chi connectivity index (χ0n) is 13.4. The molecule has 1 aromatic rings. The maximum atomic E-state index is 11.7. The van der Waals surface area contributed by atoms with Gasteiger partial charge in [-0.2, -0.15) is 0 Å². The molecule has 1 aromatic carbocycles. The molecular weight excluding hydrogens is 275 g/mol. The van der Waals surface area contributed by atoms with Crippen molar-refractivity contribution in [3.05, 3.63) is 29.3 Å². The van der Waals surface area contributed by atoms with Crippen LogP contribution >= 0.6 is 0 Å². The molecule has 0 aromatic heterocycles. The summed E-state index contributed by atoms with van der Waals surface area (Å²) in [6.07, 6.45) is 10.1. The Hall–Kier alpha value is -0.510. The molecule has 0 amide bonds. The van der Waals surface area contributed by atoms with Crippen LogP contribution in [0, 0.1) is 0 Å². The van der Waals surface area contributed by atoms with Crippen LogP contribution in [-0.4, -0.2) is 11.1 Å². The van der Waals surface area contributed by atoms with E-state index in [1.807, 2.05) is 0 Å². The van der Waals surface area contributed by atoms with Crippen LogP contribution in [0.2, 0.25) is 0 Å². The molecule has 0 radical (unpaired) electrons. The third-order valence-corrected chi connectivity index (χ3v) is 3.64. The number of hydrogen-bond donors (Lipinski definition) is 1. The first-order valence-electron chi connectivity index (χ1n) is 7.69. The van der Waals surface area contributed by atoms with Gasteiger partial charge in [-0.3, -0.25) is 0 Å². The first-order valence-corrected chi connectivity index (χ1v) is 7.69. The van der Waals surface area contributed by atoms with E-state index >= 15 is 0 Å². The number of benzene rings is 1. The average Bonchev–Trinajstić information content (AvgIpc) is 2.43. The maximum absolute atomic E-state index is 11.7. The Kier molecular flexibility index (Phi) is 11.8. The normalized spacial score (nSPS) is 10.1.